The van der Waals surface area contributed by atoms with Gasteiger partial charge in [0.05, 0.1) is 17.1 Å². The lowest BCUT2D eigenvalue weighted by atomic mass is 9.99. The van der Waals surface area contributed by atoms with Gasteiger partial charge in [-0.3, -0.25) is 4.68 Å². The summed E-state index contributed by atoms with van der Waals surface area (Å²) < 4.78 is 1.92. The number of halogens is 1. The number of anilines is 1. The van der Waals surface area contributed by atoms with Crippen LogP contribution in [0.1, 0.15) is 35.7 Å². The van der Waals surface area contributed by atoms with E-state index >= 15 is 0 Å². The number of hydrogen-bond acceptors (Lipinski definition) is 3. The van der Waals surface area contributed by atoms with E-state index in [1.807, 2.05) is 23.9 Å². The van der Waals surface area contributed by atoms with Gasteiger partial charge < -0.3 is 4.90 Å². The molecule has 0 radical (unpaired) electrons. The third-order valence-corrected chi connectivity index (χ3v) is 4.38. The Morgan fingerprint density at radius 1 is 1.24 bits per heavy atom. The molecule has 0 saturated heterocycles. The Morgan fingerprint density at radius 2 is 2.05 bits per heavy atom. The number of aryl methyl sites for hydroxylation is 1. The van der Waals surface area contributed by atoms with Gasteiger partial charge in [-0.15, -0.1) is 0 Å². The summed E-state index contributed by atoms with van der Waals surface area (Å²) in [6.45, 7) is 0.877. The van der Waals surface area contributed by atoms with Crippen LogP contribution in [-0.2, 0) is 7.05 Å². The van der Waals surface area contributed by atoms with Gasteiger partial charge in [0.2, 0.25) is 0 Å². The van der Waals surface area contributed by atoms with Crippen LogP contribution in [0.4, 0.5) is 5.69 Å². The summed E-state index contributed by atoms with van der Waals surface area (Å²) in [5, 5.41) is 5.19. The lowest BCUT2D eigenvalue weighted by Crippen LogP contribution is -2.24. The second-order valence-electron chi connectivity index (χ2n) is 5.94. The van der Waals surface area contributed by atoms with E-state index in [2.05, 4.69) is 34.3 Å². The van der Waals surface area contributed by atoms with Crippen LogP contribution in [0.2, 0.25) is 5.15 Å². The van der Waals surface area contributed by atoms with Gasteiger partial charge in [-0.1, -0.05) is 11.6 Å². The Morgan fingerprint density at radius 3 is 2.81 bits per heavy atom. The van der Waals surface area contributed by atoms with Gasteiger partial charge in [-0.2, -0.15) is 5.10 Å². The molecule has 5 heteroatoms. The highest BCUT2D eigenvalue weighted by molar-refractivity contribution is 6.29. The number of hydrogen-bond donors (Lipinski definition) is 0. The van der Waals surface area contributed by atoms with Gasteiger partial charge in [-0.25, -0.2) is 4.98 Å². The Balaban J connectivity index is 1.82. The average molecular weight is 301 g/mol. The van der Waals surface area contributed by atoms with Crippen LogP contribution in [0.15, 0.2) is 18.3 Å². The molecule has 3 heterocycles. The zero-order chi connectivity index (χ0) is 14.6. The quantitative estimate of drug-likeness (QED) is 0.798. The topological polar surface area (TPSA) is 34.0 Å². The number of aromatic nitrogens is 3. The maximum Gasteiger partial charge on any atom is 0.129 e. The standard InChI is InChI=1S/C16H17ClN4/c1-20-8-11(7-13-14(20)5-6-15(17)18-13)12-9-21(2)19-16(12)10-3-4-10/h5-7,9-10H,3-4,8H2,1-2H3. The molecule has 0 bridgehead atoms. The van der Waals surface area contributed by atoms with Gasteiger partial charge in [0.1, 0.15) is 5.15 Å². The first kappa shape index (κ1) is 12.9. The molecular formula is C16H17ClN4. The van der Waals surface area contributed by atoms with Crippen LogP contribution in [0.5, 0.6) is 0 Å². The van der Waals surface area contributed by atoms with Gasteiger partial charge >= 0.3 is 0 Å². The van der Waals surface area contributed by atoms with Crippen molar-refractivity contribution < 1.29 is 0 Å². The Bertz CT molecular complexity index is 743. The van der Waals surface area contributed by atoms with Crippen LogP contribution in [0, 0.1) is 0 Å². The maximum absolute atomic E-state index is 6.04. The number of nitrogens with zero attached hydrogens (tertiary/aromatic N) is 4. The maximum atomic E-state index is 6.04. The van der Waals surface area contributed by atoms with Crippen LogP contribution in [0.25, 0.3) is 11.6 Å². The van der Waals surface area contributed by atoms with Gasteiger partial charge in [0.25, 0.3) is 0 Å². The predicted octanol–water partition coefficient (Wildman–Crippen LogP) is 3.34. The van der Waals surface area contributed by atoms with Crippen molar-refractivity contribution in [3.8, 4) is 0 Å². The molecule has 2 aromatic heterocycles. The number of pyridine rings is 1. The molecule has 0 aromatic carbocycles. The summed E-state index contributed by atoms with van der Waals surface area (Å²) in [7, 11) is 4.08. The summed E-state index contributed by atoms with van der Waals surface area (Å²) in [6.07, 6.45) is 6.80. The summed E-state index contributed by atoms with van der Waals surface area (Å²) in [5.41, 5.74) is 5.84. The summed E-state index contributed by atoms with van der Waals surface area (Å²) in [6, 6.07) is 3.87. The molecule has 0 atom stereocenters. The van der Waals surface area contributed by atoms with E-state index in [-0.39, 0.29) is 0 Å². The van der Waals surface area contributed by atoms with E-state index in [0.29, 0.717) is 11.1 Å². The molecule has 0 amide bonds. The molecule has 0 spiro atoms. The lowest BCUT2D eigenvalue weighted by Gasteiger charge is -2.27. The number of fused-ring (bicyclic) bond motifs is 1. The molecule has 1 fully saturated rings. The van der Waals surface area contributed by atoms with Gasteiger partial charge in [0, 0.05) is 38.3 Å². The first-order valence-corrected chi connectivity index (χ1v) is 7.62. The highest BCUT2D eigenvalue weighted by Crippen LogP contribution is 2.43. The fourth-order valence-electron chi connectivity index (χ4n) is 3.00. The van der Waals surface area contributed by atoms with Crippen LogP contribution < -0.4 is 4.90 Å². The van der Waals surface area contributed by atoms with E-state index in [1.54, 1.807) is 0 Å². The van der Waals surface area contributed by atoms with Crippen molar-refractivity contribution in [3.63, 3.8) is 0 Å². The molecule has 0 N–H and O–H groups in total. The molecule has 21 heavy (non-hydrogen) atoms. The highest BCUT2D eigenvalue weighted by Gasteiger charge is 2.31. The van der Waals surface area contributed by atoms with E-state index < -0.39 is 0 Å². The summed E-state index contributed by atoms with van der Waals surface area (Å²) in [4.78, 5) is 6.68. The summed E-state index contributed by atoms with van der Waals surface area (Å²) >= 11 is 6.04. The second kappa shape index (κ2) is 4.60. The average Bonchev–Trinajstić information content (AvgIpc) is 3.21. The molecule has 108 valence electrons. The molecule has 4 rings (SSSR count). The lowest BCUT2D eigenvalue weighted by molar-refractivity contribution is 0.744. The minimum Gasteiger partial charge on any atom is -0.368 e. The van der Waals surface area contributed by atoms with Crippen molar-refractivity contribution in [1.29, 1.82) is 0 Å². The summed E-state index contributed by atoms with van der Waals surface area (Å²) in [5.74, 6) is 0.640. The monoisotopic (exact) mass is 300 g/mol. The van der Waals surface area contributed by atoms with Crippen LogP contribution >= 0.6 is 11.6 Å². The minimum atomic E-state index is 0.535. The Kier molecular flexibility index (Phi) is 2.82. The molecule has 4 nitrogen and oxygen atoms in total. The van der Waals surface area contributed by atoms with Crippen molar-refractivity contribution in [1.82, 2.24) is 14.8 Å². The van der Waals surface area contributed by atoms with Crippen molar-refractivity contribution >= 4 is 28.9 Å². The van der Waals surface area contributed by atoms with Gasteiger partial charge in [-0.05, 0) is 36.6 Å². The van der Waals surface area contributed by atoms with Gasteiger partial charge in [0.15, 0.2) is 0 Å². The molecule has 1 aliphatic heterocycles. The first-order chi connectivity index (χ1) is 10.1. The van der Waals surface area contributed by atoms with E-state index in [1.165, 1.54) is 29.7 Å². The van der Waals surface area contributed by atoms with Crippen molar-refractivity contribution in [2.45, 2.75) is 18.8 Å². The molecule has 1 aliphatic carbocycles. The molecule has 1 saturated carbocycles. The van der Waals surface area contributed by atoms with E-state index in [4.69, 9.17) is 11.6 Å². The third-order valence-electron chi connectivity index (χ3n) is 4.17. The zero-order valence-electron chi connectivity index (χ0n) is 12.2. The smallest absolute Gasteiger partial charge is 0.129 e. The third kappa shape index (κ3) is 2.23. The van der Waals surface area contributed by atoms with Crippen LogP contribution in [-0.4, -0.2) is 28.4 Å². The molecule has 2 aliphatic rings. The minimum absolute atomic E-state index is 0.535. The van der Waals surface area contributed by atoms with Crippen molar-refractivity contribution in [3.05, 3.63) is 40.4 Å². The Hall–Kier alpha value is -1.81. The number of likely N-dealkylation sites (N-methyl/N-ethyl adjacent to an activating group) is 1. The number of rotatable bonds is 2. The predicted molar refractivity (Wildman–Crippen MR) is 85.6 cm³/mol. The first-order valence-electron chi connectivity index (χ1n) is 7.24. The van der Waals surface area contributed by atoms with E-state index in [9.17, 15) is 0 Å². The zero-order valence-corrected chi connectivity index (χ0v) is 12.9. The highest BCUT2D eigenvalue weighted by atomic mass is 35.5. The van der Waals surface area contributed by atoms with Crippen molar-refractivity contribution in [2.24, 2.45) is 7.05 Å². The largest absolute Gasteiger partial charge is 0.368 e. The molecule has 2 aromatic rings. The van der Waals surface area contributed by atoms with E-state index in [0.717, 1.165) is 17.9 Å². The normalized spacial score (nSPS) is 17.7. The SMILES string of the molecule is CN1CC(c2cn(C)nc2C2CC2)=Cc2nc(Cl)ccc21. The molecular weight excluding hydrogens is 284 g/mol. The second-order valence-corrected chi connectivity index (χ2v) is 6.33. The fourth-order valence-corrected chi connectivity index (χ4v) is 3.15. The fraction of sp³-hybridized carbons (Fsp3) is 0.375. The van der Waals surface area contributed by atoms with Crippen molar-refractivity contribution in [2.75, 3.05) is 18.5 Å². The molecule has 0 unspecified atom stereocenters. The Labute approximate surface area is 129 Å². The van der Waals surface area contributed by atoms with Crippen LogP contribution in [0.3, 0.4) is 0 Å².